The first kappa shape index (κ1) is 33.0. The van der Waals surface area contributed by atoms with Crippen LogP contribution in [0.15, 0.2) is 54.9 Å². The molecule has 0 unspecified atom stereocenters. The van der Waals surface area contributed by atoms with Crippen molar-refractivity contribution < 1.29 is 55.6 Å². The molecule has 40 heavy (non-hydrogen) atoms. The van der Waals surface area contributed by atoms with Gasteiger partial charge in [0.1, 0.15) is 0 Å². The number of nitrogens with zero attached hydrogens (tertiary/aromatic N) is 2. The van der Waals surface area contributed by atoms with E-state index in [1.807, 2.05) is 24.5 Å². The summed E-state index contributed by atoms with van der Waals surface area (Å²) >= 11 is 0. The Balaban J connectivity index is 0.000000333. The van der Waals surface area contributed by atoms with Crippen LogP contribution in [0.5, 0.6) is 0 Å². The Morgan fingerprint density at radius 2 is 1.55 bits per heavy atom. The predicted molar refractivity (Wildman–Crippen MR) is 129 cm³/mol. The molecule has 0 aliphatic carbocycles. The molecule has 2 N–H and O–H groups in total. The number of carboxylic acids is 2. The van der Waals surface area contributed by atoms with Gasteiger partial charge in [-0.05, 0) is 49.1 Å². The molecule has 1 aromatic heterocycles. The van der Waals surface area contributed by atoms with E-state index >= 15 is 0 Å². The van der Waals surface area contributed by atoms with Gasteiger partial charge < -0.3 is 24.6 Å². The number of aromatic nitrogens is 1. The lowest BCUT2D eigenvalue weighted by atomic mass is 9.89. The molecule has 3 heterocycles. The third-order valence-corrected chi connectivity index (χ3v) is 6.07. The van der Waals surface area contributed by atoms with Crippen molar-refractivity contribution in [2.24, 2.45) is 0 Å². The molecule has 0 saturated carbocycles. The number of carboxylic acid groups (broad SMARTS) is 2. The van der Waals surface area contributed by atoms with Crippen LogP contribution < -0.4 is 0 Å². The Bertz CT molecular complexity index is 1030. The highest BCUT2D eigenvalue weighted by Crippen LogP contribution is 2.36. The maximum Gasteiger partial charge on any atom is 0.490 e. The second kappa shape index (κ2) is 15.0. The van der Waals surface area contributed by atoms with Crippen molar-refractivity contribution in [2.75, 3.05) is 26.2 Å². The first-order chi connectivity index (χ1) is 18.7. The van der Waals surface area contributed by atoms with Crippen LogP contribution in [0.3, 0.4) is 0 Å². The highest BCUT2D eigenvalue weighted by Gasteiger charge is 2.43. The maximum atomic E-state index is 10.6. The third kappa shape index (κ3) is 11.9. The molecule has 8 nitrogen and oxygen atoms in total. The monoisotopic (exact) mass is 580 g/mol. The van der Waals surface area contributed by atoms with E-state index in [0.717, 1.165) is 39.0 Å². The van der Waals surface area contributed by atoms with Gasteiger partial charge in [-0.1, -0.05) is 30.3 Å². The van der Waals surface area contributed by atoms with Crippen LogP contribution in [0.1, 0.15) is 30.4 Å². The zero-order valence-electron chi connectivity index (χ0n) is 21.3. The fourth-order valence-electron chi connectivity index (χ4n) is 4.20. The van der Waals surface area contributed by atoms with E-state index in [1.165, 1.54) is 24.1 Å². The van der Waals surface area contributed by atoms with Crippen molar-refractivity contribution in [1.29, 1.82) is 0 Å². The molecule has 2 saturated heterocycles. The number of benzene rings is 1. The molecule has 14 heteroatoms. The van der Waals surface area contributed by atoms with Gasteiger partial charge in [0.25, 0.3) is 0 Å². The van der Waals surface area contributed by atoms with Crippen molar-refractivity contribution in [3.8, 4) is 0 Å². The third-order valence-electron chi connectivity index (χ3n) is 6.07. The molecule has 2 aliphatic rings. The Hall–Kier alpha value is -3.23. The first-order valence-corrected chi connectivity index (χ1v) is 12.2. The summed E-state index contributed by atoms with van der Waals surface area (Å²) in [6.07, 6.45) is -1.83. The topological polar surface area (TPSA) is 109 Å². The Morgan fingerprint density at radius 1 is 0.975 bits per heavy atom. The van der Waals surface area contributed by atoms with Crippen LogP contribution >= 0.6 is 0 Å². The molecule has 222 valence electrons. The number of likely N-dealkylation sites (tertiary alicyclic amines) is 1. The first-order valence-electron chi connectivity index (χ1n) is 12.2. The van der Waals surface area contributed by atoms with Crippen molar-refractivity contribution in [3.05, 3.63) is 66.0 Å². The Kier molecular flexibility index (Phi) is 12.3. The number of hydrogen-bond donors (Lipinski definition) is 2. The summed E-state index contributed by atoms with van der Waals surface area (Å²) in [5.74, 6) is -5.51. The van der Waals surface area contributed by atoms with Gasteiger partial charge >= 0.3 is 24.3 Å². The summed E-state index contributed by atoms with van der Waals surface area (Å²) in [4.78, 5) is 24.4. The van der Waals surface area contributed by atoms with Crippen LogP contribution in [0.4, 0.5) is 26.3 Å². The average Bonchev–Trinajstić information content (AvgIpc) is 3.29. The quantitative estimate of drug-likeness (QED) is 0.473. The van der Waals surface area contributed by atoms with Gasteiger partial charge in [0.15, 0.2) is 0 Å². The van der Waals surface area contributed by atoms with Crippen LogP contribution in [-0.4, -0.2) is 82.3 Å². The SMILES string of the molecule is O=C(O)C(F)(F)F.O=C(O)C(F)(F)F.c1ccc(CCN2CCC[C@]3(C[C@@H](OCc4ccncc4)CO3)C2)cc1. The molecule has 2 aromatic rings. The zero-order valence-corrected chi connectivity index (χ0v) is 21.3. The van der Waals surface area contributed by atoms with E-state index in [1.54, 1.807) is 0 Å². The molecule has 0 radical (unpaired) electrons. The van der Waals surface area contributed by atoms with Crippen LogP contribution in [0.2, 0.25) is 0 Å². The molecule has 2 fully saturated rings. The maximum absolute atomic E-state index is 10.6. The number of piperidine rings is 1. The fraction of sp³-hybridized carbons (Fsp3) is 0.500. The minimum Gasteiger partial charge on any atom is -0.475 e. The normalized spacial score (nSPS) is 21.1. The zero-order chi connectivity index (χ0) is 29.8. The summed E-state index contributed by atoms with van der Waals surface area (Å²) < 4.78 is 75.9. The van der Waals surface area contributed by atoms with E-state index in [9.17, 15) is 26.3 Å². The molecule has 1 spiro atoms. The summed E-state index contributed by atoms with van der Waals surface area (Å²) in [6, 6.07) is 14.8. The van der Waals surface area contributed by atoms with Crippen LogP contribution in [0, 0.1) is 0 Å². The van der Waals surface area contributed by atoms with Crippen LogP contribution in [0.25, 0.3) is 0 Å². The summed E-state index contributed by atoms with van der Waals surface area (Å²) in [5.41, 5.74) is 2.59. The van der Waals surface area contributed by atoms with E-state index < -0.39 is 24.3 Å². The second-order valence-corrected chi connectivity index (χ2v) is 9.21. The molecule has 0 bridgehead atoms. The van der Waals surface area contributed by atoms with Gasteiger partial charge in [-0.15, -0.1) is 0 Å². The summed E-state index contributed by atoms with van der Waals surface area (Å²) in [5, 5.41) is 14.2. The summed E-state index contributed by atoms with van der Waals surface area (Å²) in [6.45, 7) is 4.69. The highest BCUT2D eigenvalue weighted by molar-refractivity contribution is 5.73. The molecule has 2 atom stereocenters. The lowest BCUT2D eigenvalue weighted by Gasteiger charge is -2.39. The molecule has 1 aromatic carbocycles. The average molecular weight is 581 g/mol. The van der Waals surface area contributed by atoms with Crippen molar-refractivity contribution >= 4 is 11.9 Å². The van der Waals surface area contributed by atoms with Crippen molar-refractivity contribution in [3.63, 3.8) is 0 Å². The highest BCUT2D eigenvalue weighted by atomic mass is 19.4. The van der Waals surface area contributed by atoms with Crippen LogP contribution in [-0.2, 0) is 32.1 Å². The van der Waals surface area contributed by atoms with E-state index in [2.05, 4.69) is 40.2 Å². The minimum absolute atomic E-state index is 0.00213. The standard InChI is InChI=1S/C22H28N2O2.2C2HF3O2/c1-2-5-19(6-3-1)9-14-24-13-4-10-22(18-24)15-21(17-26-22)25-16-20-7-11-23-12-8-20;2*3-2(4,5)1(6)7/h1-3,5-8,11-12,21H,4,9-10,13-18H2;2*(H,6,7)/t21-,22+;;/m1../s1. The number of rotatable bonds is 6. The number of alkyl halides is 6. The molecular formula is C26H30F6N2O6. The Morgan fingerprint density at radius 3 is 2.10 bits per heavy atom. The number of aliphatic carboxylic acids is 2. The molecule has 0 amide bonds. The van der Waals surface area contributed by atoms with Crippen molar-refractivity contribution in [1.82, 2.24) is 9.88 Å². The van der Waals surface area contributed by atoms with E-state index in [-0.39, 0.29) is 11.7 Å². The Labute approximate surface area is 226 Å². The molecule has 4 rings (SSSR count). The number of hydrogen-bond acceptors (Lipinski definition) is 6. The van der Waals surface area contributed by atoms with Gasteiger partial charge in [-0.25, -0.2) is 9.59 Å². The van der Waals surface area contributed by atoms with E-state index in [4.69, 9.17) is 29.3 Å². The number of pyridine rings is 1. The van der Waals surface area contributed by atoms with Gasteiger partial charge in [-0.3, -0.25) is 4.98 Å². The number of halogens is 6. The van der Waals surface area contributed by atoms with Gasteiger partial charge in [0.05, 0.1) is 24.9 Å². The van der Waals surface area contributed by atoms with E-state index in [0.29, 0.717) is 6.61 Å². The van der Waals surface area contributed by atoms with Gasteiger partial charge in [-0.2, -0.15) is 26.3 Å². The number of carbonyl (C=O) groups is 2. The summed E-state index contributed by atoms with van der Waals surface area (Å²) in [7, 11) is 0. The predicted octanol–water partition coefficient (Wildman–Crippen LogP) is 4.73. The molecule has 2 aliphatic heterocycles. The van der Waals surface area contributed by atoms with Gasteiger partial charge in [0, 0.05) is 31.9 Å². The molecular weight excluding hydrogens is 550 g/mol. The smallest absolute Gasteiger partial charge is 0.475 e. The lowest BCUT2D eigenvalue weighted by Crippen LogP contribution is -2.48. The van der Waals surface area contributed by atoms with Gasteiger partial charge in [0.2, 0.25) is 0 Å². The minimum atomic E-state index is -5.08. The lowest BCUT2D eigenvalue weighted by molar-refractivity contribution is -0.193. The van der Waals surface area contributed by atoms with Crippen molar-refractivity contribution in [2.45, 2.75) is 56.3 Å². The fourth-order valence-corrected chi connectivity index (χ4v) is 4.20. The number of ether oxygens (including phenoxy) is 2. The largest absolute Gasteiger partial charge is 0.490 e. The second-order valence-electron chi connectivity index (χ2n) is 9.21.